The van der Waals surface area contributed by atoms with Crippen molar-refractivity contribution < 1.29 is 17.9 Å². The van der Waals surface area contributed by atoms with Crippen LogP contribution in [-0.2, 0) is 0 Å². The average Bonchev–Trinajstić information content (AvgIpc) is 3.62. The number of fused-ring (bicyclic) bond motifs is 1. The largest absolute Gasteiger partial charge is 0.573 e. The van der Waals surface area contributed by atoms with Gasteiger partial charge in [-0.25, -0.2) is 0 Å². The quantitative estimate of drug-likeness (QED) is 0.422. The fraction of sp³-hybridized carbons (Fsp3) is 0.480. The standard InChI is InChI=1S/C25H27F3N6O2/c1-14(15-2-3-15)31-18-6-9-20(16(12-18)13-29)34-21-10-11-30-24(35)22(21)23(33-34)32-17-4-7-19(8-5-17)36-25(26,27)28/h4-5,7-8,10-11,14-16,18,20,31H,2-3,6,9,12H2,1H3,(H,30,35)(H,32,33). The van der Waals surface area contributed by atoms with Gasteiger partial charge < -0.3 is 20.4 Å². The minimum atomic E-state index is -4.78. The van der Waals surface area contributed by atoms with E-state index in [-0.39, 0.29) is 35.1 Å². The fourth-order valence-electron chi connectivity index (χ4n) is 5.16. The summed E-state index contributed by atoms with van der Waals surface area (Å²) in [4.78, 5) is 15.4. The van der Waals surface area contributed by atoms with Gasteiger partial charge >= 0.3 is 6.36 Å². The van der Waals surface area contributed by atoms with Crippen LogP contribution in [0.5, 0.6) is 5.75 Å². The molecule has 36 heavy (non-hydrogen) atoms. The van der Waals surface area contributed by atoms with Crippen molar-refractivity contribution in [2.45, 2.75) is 63.5 Å². The Bertz CT molecular complexity index is 1320. The second kappa shape index (κ2) is 9.50. The number of hydrogen-bond acceptors (Lipinski definition) is 6. The number of nitrogens with one attached hydrogen (secondary N) is 3. The van der Waals surface area contributed by atoms with E-state index in [0.717, 1.165) is 18.8 Å². The number of rotatable bonds is 7. The first-order chi connectivity index (χ1) is 17.2. The molecule has 2 heterocycles. The minimum Gasteiger partial charge on any atom is -0.406 e. The van der Waals surface area contributed by atoms with E-state index in [4.69, 9.17) is 0 Å². The second-order valence-electron chi connectivity index (χ2n) is 9.66. The van der Waals surface area contributed by atoms with E-state index in [2.05, 4.69) is 38.4 Å². The summed E-state index contributed by atoms with van der Waals surface area (Å²) in [6.07, 6.45) is 1.61. The number of alkyl halides is 3. The fourth-order valence-corrected chi connectivity index (χ4v) is 5.16. The summed E-state index contributed by atoms with van der Waals surface area (Å²) in [5.41, 5.74) is 0.694. The lowest BCUT2D eigenvalue weighted by Gasteiger charge is -2.35. The molecule has 0 aliphatic heterocycles. The molecule has 3 aromatic rings. The van der Waals surface area contributed by atoms with Crippen molar-refractivity contribution in [3.63, 3.8) is 0 Å². The Labute approximate surface area is 205 Å². The van der Waals surface area contributed by atoms with Crippen LogP contribution in [0.1, 0.15) is 45.1 Å². The van der Waals surface area contributed by atoms with E-state index in [0.29, 0.717) is 29.1 Å². The van der Waals surface area contributed by atoms with Crippen molar-refractivity contribution in [2.75, 3.05) is 5.32 Å². The summed E-state index contributed by atoms with van der Waals surface area (Å²) in [6.45, 7) is 2.21. The van der Waals surface area contributed by atoms with Crippen LogP contribution in [-0.4, -0.2) is 33.2 Å². The molecule has 190 valence electrons. The van der Waals surface area contributed by atoms with Crippen LogP contribution in [0.15, 0.2) is 41.3 Å². The molecule has 4 unspecified atom stereocenters. The number of hydrogen-bond donors (Lipinski definition) is 3. The van der Waals surface area contributed by atoms with Crippen molar-refractivity contribution in [1.29, 1.82) is 5.26 Å². The Kier molecular flexibility index (Phi) is 6.38. The summed E-state index contributed by atoms with van der Waals surface area (Å²) in [5.74, 6) is 0.375. The van der Waals surface area contributed by atoms with E-state index in [1.807, 2.05) is 0 Å². The third-order valence-electron chi connectivity index (χ3n) is 7.10. The van der Waals surface area contributed by atoms with E-state index >= 15 is 0 Å². The number of halogens is 3. The lowest BCUT2D eigenvalue weighted by Crippen LogP contribution is -2.43. The predicted molar refractivity (Wildman–Crippen MR) is 128 cm³/mol. The average molecular weight is 501 g/mol. The first-order valence-electron chi connectivity index (χ1n) is 12.1. The molecule has 1 aromatic carbocycles. The molecule has 0 saturated heterocycles. The summed E-state index contributed by atoms with van der Waals surface area (Å²) >= 11 is 0. The van der Waals surface area contributed by atoms with Crippen LogP contribution in [0.3, 0.4) is 0 Å². The van der Waals surface area contributed by atoms with Gasteiger partial charge in [0.25, 0.3) is 5.56 Å². The molecular weight excluding hydrogens is 473 g/mol. The van der Waals surface area contributed by atoms with Crippen molar-refractivity contribution in [2.24, 2.45) is 11.8 Å². The van der Waals surface area contributed by atoms with Crippen molar-refractivity contribution >= 4 is 22.4 Å². The first kappa shape index (κ1) is 24.2. The van der Waals surface area contributed by atoms with Crippen molar-refractivity contribution in [3.05, 3.63) is 46.9 Å². The Morgan fingerprint density at radius 1 is 1.19 bits per heavy atom. The van der Waals surface area contributed by atoms with Crippen LogP contribution in [0.2, 0.25) is 0 Å². The zero-order chi connectivity index (χ0) is 25.4. The maximum atomic E-state index is 12.7. The van der Waals surface area contributed by atoms with E-state index in [1.165, 1.54) is 37.1 Å². The first-order valence-corrected chi connectivity index (χ1v) is 12.1. The summed E-state index contributed by atoms with van der Waals surface area (Å²) in [6, 6.07) is 9.91. The highest BCUT2D eigenvalue weighted by molar-refractivity contribution is 5.91. The van der Waals surface area contributed by atoms with Crippen LogP contribution in [0.25, 0.3) is 10.9 Å². The molecule has 0 bridgehead atoms. The minimum absolute atomic E-state index is 0.202. The predicted octanol–water partition coefficient (Wildman–Crippen LogP) is 4.99. The number of benzene rings is 1. The SMILES string of the molecule is CC(NC1CCC(n2nc(Nc3ccc(OC(F)(F)F)cc3)c3c(=O)[nH]ccc32)C(C#N)C1)C1CC1. The van der Waals surface area contributed by atoms with Gasteiger partial charge in [0.15, 0.2) is 5.82 Å². The van der Waals surface area contributed by atoms with E-state index in [1.54, 1.807) is 16.9 Å². The normalized spacial score (nSPS) is 23.2. The van der Waals surface area contributed by atoms with Crippen LogP contribution >= 0.6 is 0 Å². The van der Waals surface area contributed by atoms with E-state index in [9.17, 15) is 23.2 Å². The van der Waals surface area contributed by atoms with Crippen molar-refractivity contribution in [3.8, 4) is 11.8 Å². The number of pyridine rings is 1. The summed E-state index contributed by atoms with van der Waals surface area (Å²) in [7, 11) is 0. The number of anilines is 2. The lowest BCUT2D eigenvalue weighted by atomic mass is 9.82. The molecule has 8 nitrogen and oxygen atoms in total. The molecular formula is C25H27F3N6O2. The molecule has 0 amide bonds. The van der Waals surface area contributed by atoms with Gasteiger partial charge in [-0.05, 0) is 75.3 Å². The number of ether oxygens (including phenoxy) is 1. The topological polar surface area (TPSA) is 108 Å². The van der Waals surface area contributed by atoms with Gasteiger partial charge in [-0.15, -0.1) is 13.2 Å². The molecule has 2 fully saturated rings. The van der Waals surface area contributed by atoms with Crippen LogP contribution in [0, 0.1) is 23.2 Å². The molecule has 11 heteroatoms. The second-order valence-corrected chi connectivity index (χ2v) is 9.66. The van der Waals surface area contributed by atoms with Gasteiger partial charge in [-0.1, -0.05) is 0 Å². The number of nitriles is 1. The molecule has 2 aromatic heterocycles. The third-order valence-corrected chi connectivity index (χ3v) is 7.10. The molecule has 3 N–H and O–H groups in total. The highest BCUT2D eigenvalue weighted by atomic mass is 19.4. The smallest absolute Gasteiger partial charge is 0.406 e. The number of aromatic amines is 1. The van der Waals surface area contributed by atoms with Gasteiger partial charge in [0.2, 0.25) is 0 Å². The van der Waals surface area contributed by atoms with Gasteiger partial charge in [-0.2, -0.15) is 10.4 Å². The molecule has 4 atom stereocenters. The monoisotopic (exact) mass is 500 g/mol. The van der Waals surface area contributed by atoms with Gasteiger partial charge in [0, 0.05) is 24.0 Å². The van der Waals surface area contributed by atoms with Crippen LogP contribution < -0.4 is 20.9 Å². The summed E-state index contributed by atoms with van der Waals surface area (Å²) < 4.78 is 43.0. The molecule has 2 aliphatic carbocycles. The zero-order valence-electron chi connectivity index (χ0n) is 19.7. The Balaban J connectivity index is 1.40. The van der Waals surface area contributed by atoms with E-state index < -0.39 is 6.36 Å². The molecule has 2 saturated carbocycles. The van der Waals surface area contributed by atoms with Crippen molar-refractivity contribution in [1.82, 2.24) is 20.1 Å². The summed E-state index contributed by atoms with van der Waals surface area (Å²) in [5, 5.41) is 21.7. The Morgan fingerprint density at radius 2 is 1.94 bits per heavy atom. The number of nitrogens with zero attached hydrogens (tertiary/aromatic N) is 3. The lowest BCUT2D eigenvalue weighted by molar-refractivity contribution is -0.274. The third kappa shape index (κ3) is 5.18. The Morgan fingerprint density at radius 3 is 2.61 bits per heavy atom. The number of H-pyrrole nitrogens is 1. The Hall–Kier alpha value is -3.52. The maximum Gasteiger partial charge on any atom is 0.573 e. The highest BCUT2D eigenvalue weighted by Crippen LogP contribution is 2.38. The van der Waals surface area contributed by atoms with Gasteiger partial charge in [0.1, 0.15) is 11.1 Å². The molecule has 0 radical (unpaired) electrons. The number of aromatic nitrogens is 3. The molecule has 5 rings (SSSR count). The molecule has 2 aliphatic rings. The molecule has 0 spiro atoms. The van der Waals surface area contributed by atoms with Gasteiger partial charge in [-0.3, -0.25) is 9.48 Å². The zero-order valence-corrected chi connectivity index (χ0v) is 19.7. The van der Waals surface area contributed by atoms with Gasteiger partial charge in [0.05, 0.1) is 23.5 Å². The highest BCUT2D eigenvalue weighted by Gasteiger charge is 2.36. The van der Waals surface area contributed by atoms with Crippen LogP contribution in [0.4, 0.5) is 24.7 Å². The maximum absolute atomic E-state index is 12.7.